The predicted octanol–water partition coefficient (Wildman–Crippen LogP) is 3.09. The van der Waals surface area contributed by atoms with E-state index in [1.165, 1.54) is 42.9 Å². The molecule has 0 aliphatic carbocycles. The van der Waals surface area contributed by atoms with E-state index in [-0.39, 0.29) is 0 Å². The van der Waals surface area contributed by atoms with Crippen LogP contribution in [0.4, 0.5) is 0 Å². The summed E-state index contributed by atoms with van der Waals surface area (Å²) in [5, 5.41) is 3.76. The van der Waals surface area contributed by atoms with E-state index in [4.69, 9.17) is 0 Å². The molecule has 2 rings (SSSR count). The molecule has 1 N–H and O–H groups in total. The Kier molecular flexibility index (Phi) is 5.28. The molecule has 1 aliphatic rings. The Morgan fingerprint density at radius 1 is 1.25 bits per heavy atom. The van der Waals surface area contributed by atoms with Gasteiger partial charge in [-0.1, -0.05) is 0 Å². The molecule has 1 fully saturated rings. The fourth-order valence-corrected chi connectivity index (χ4v) is 3.41. The fourth-order valence-electron chi connectivity index (χ4n) is 3.41. The molecule has 2 heterocycles. The van der Waals surface area contributed by atoms with Gasteiger partial charge in [0.2, 0.25) is 0 Å². The highest BCUT2D eigenvalue weighted by atomic mass is 15.2. The van der Waals surface area contributed by atoms with Crippen molar-refractivity contribution in [3.63, 3.8) is 0 Å². The molecule has 114 valence electrons. The molecule has 0 radical (unpaired) electrons. The first kappa shape index (κ1) is 15.6. The minimum atomic E-state index is 0.690. The van der Waals surface area contributed by atoms with Gasteiger partial charge in [-0.05, 0) is 72.2 Å². The zero-order chi connectivity index (χ0) is 14.7. The standard InChI is InChI=1S/C17H31N3/c1-6-20-14(4)11-16(15(20)5)12-18-17-7-9-19(10-8-17)13(2)3/h11,13,17-18H,6-10,12H2,1-5H3. The Morgan fingerprint density at radius 2 is 1.90 bits per heavy atom. The Balaban J connectivity index is 1.85. The summed E-state index contributed by atoms with van der Waals surface area (Å²) in [4.78, 5) is 2.58. The summed E-state index contributed by atoms with van der Waals surface area (Å²) in [7, 11) is 0. The van der Waals surface area contributed by atoms with Crippen LogP contribution in [0.2, 0.25) is 0 Å². The van der Waals surface area contributed by atoms with Crippen LogP contribution in [-0.4, -0.2) is 34.6 Å². The molecule has 1 aromatic rings. The number of aryl methyl sites for hydroxylation is 1. The largest absolute Gasteiger partial charge is 0.349 e. The van der Waals surface area contributed by atoms with Gasteiger partial charge in [0.15, 0.2) is 0 Å². The molecule has 1 aliphatic heterocycles. The fraction of sp³-hybridized carbons (Fsp3) is 0.765. The second-order valence-corrected chi connectivity index (χ2v) is 6.43. The number of piperidine rings is 1. The molecule has 3 heteroatoms. The Labute approximate surface area is 124 Å². The summed E-state index contributed by atoms with van der Waals surface area (Å²) < 4.78 is 2.40. The average molecular weight is 277 g/mol. The first-order valence-electron chi connectivity index (χ1n) is 8.16. The van der Waals surface area contributed by atoms with Crippen LogP contribution in [0.15, 0.2) is 6.07 Å². The summed E-state index contributed by atoms with van der Waals surface area (Å²) in [5.74, 6) is 0. The van der Waals surface area contributed by atoms with E-state index in [0.29, 0.717) is 12.1 Å². The molecule has 0 aromatic carbocycles. The van der Waals surface area contributed by atoms with Gasteiger partial charge < -0.3 is 14.8 Å². The van der Waals surface area contributed by atoms with Crippen molar-refractivity contribution in [1.82, 2.24) is 14.8 Å². The maximum atomic E-state index is 3.76. The lowest BCUT2D eigenvalue weighted by Crippen LogP contribution is -2.44. The minimum Gasteiger partial charge on any atom is -0.349 e. The lowest BCUT2D eigenvalue weighted by Gasteiger charge is -2.35. The van der Waals surface area contributed by atoms with Gasteiger partial charge in [-0.15, -0.1) is 0 Å². The molecule has 1 saturated heterocycles. The zero-order valence-corrected chi connectivity index (χ0v) is 13.9. The van der Waals surface area contributed by atoms with Crippen molar-refractivity contribution in [3.05, 3.63) is 23.0 Å². The highest BCUT2D eigenvalue weighted by Gasteiger charge is 2.20. The van der Waals surface area contributed by atoms with Gasteiger partial charge in [-0.3, -0.25) is 0 Å². The molecular weight excluding hydrogens is 246 g/mol. The minimum absolute atomic E-state index is 0.690. The van der Waals surface area contributed by atoms with E-state index in [0.717, 1.165) is 13.1 Å². The highest BCUT2D eigenvalue weighted by molar-refractivity contribution is 5.26. The molecule has 0 bridgehead atoms. The summed E-state index contributed by atoms with van der Waals surface area (Å²) in [6, 6.07) is 3.73. The summed E-state index contributed by atoms with van der Waals surface area (Å²) >= 11 is 0. The van der Waals surface area contributed by atoms with Crippen molar-refractivity contribution in [2.45, 2.75) is 72.6 Å². The number of nitrogens with zero attached hydrogens (tertiary/aromatic N) is 2. The first-order valence-corrected chi connectivity index (χ1v) is 8.16. The smallest absolute Gasteiger partial charge is 0.0225 e. The summed E-state index contributed by atoms with van der Waals surface area (Å²) in [6.45, 7) is 15.8. The van der Waals surface area contributed by atoms with Gasteiger partial charge in [0.1, 0.15) is 0 Å². The number of aromatic nitrogens is 1. The third-order valence-corrected chi connectivity index (χ3v) is 4.84. The molecule has 1 aromatic heterocycles. The van der Waals surface area contributed by atoms with Crippen LogP contribution in [0, 0.1) is 13.8 Å². The van der Waals surface area contributed by atoms with Gasteiger partial charge in [0.05, 0.1) is 0 Å². The lowest BCUT2D eigenvalue weighted by atomic mass is 10.0. The molecule has 0 atom stereocenters. The normalized spacial score (nSPS) is 18.1. The zero-order valence-electron chi connectivity index (χ0n) is 13.9. The van der Waals surface area contributed by atoms with Crippen LogP contribution in [0.5, 0.6) is 0 Å². The van der Waals surface area contributed by atoms with Crippen molar-refractivity contribution in [2.75, 3.05) is 13.1 Å². The Morgan fingerprint density at radius 3 is 2.40 bits per heavy atom. The number of nitrogens with one attached hydrogen (secondary N) is 1. The number of hydrogen-bond acceptors (Lipinski definition) is 2. The predicted molar refractivity (Wildman–Crippen MR) is 86.2 cm³/mol. The highest BCUT2D eigenvalue weighted by Crippen LogP contribution is 2.17. The number of rotatable bonds is 5. The summed E-state index contributed by atoms with van der Waals surface area (Å²) in [6.07, 6.45) is 2.56. The molecular formula is C17H31N3. The SMILES string of the molecule is CCn1c(C)cc(CNC2CCN(C(C)C)CC2)c1C. The van der Waals surface area contributed by atoms with E-state index in [1.54, 1.807) is 0 Å². The molecule has 0 spiro atoms. The van der Waals surface area contributed by atoms with Crippen molar-refractivity contribution in [2.24, 2.45) is 0 Å². The third-order valence-electron chi connectivity index (χ3n) is 4.84. The second kappa shape index (κ2) is 6.77. The molecule has 20 heavy (non-hydrogen) atoms. The second-order valence-electron chi connectivity index (χ2n) is 6.43. The van der Waals surface area contributed by atoms with Crippen LogP contribution in [0.1, 0.15) is 50.6 Å². The van der Waals surface area contributed by atoms with Crippen molar-refractivity contribution in [3.8, 4) is 0 Å². The van der Waals surface area contributed by atoms with Crippen LogP contribution < -0.4 is 5.32 Å². The number of likely N-dealkylation sites (tertiary alicyclic amines) is 1. The third kappa shape index (κ3) is 3.44. The van der Waals surface area contributed by atoms with E-state index in [9.17, 15) is 0 Å². The number of hydrogen-bond donors (Lipinski definition) is 1. The van der Waals surface area contributed by atoms with E-state index < -0.39 is 0 Å². The van der Waals surface area contributed by atoms with Gasteiger partial charge in [-0.25, -0.2) is 0 Å². The van der Waals surface area contributed by atoms with Crippen LogP contribution in [0.25, 0.3) is 0 Å². The van der Waals surface area contributed by atoms with Crippen LogP contribution in [-0.2, 0) is 13.1 Å². The van der Waals surface area contributed by atoms with E-state index in [1.807, 2.05) is 0 Å². The maximum absolute atomic E-state index is 3.76. The molecule has 3 nitrogen and oxygen atoms in total. The molecule has 0 saturated carbocycles. The topological polar surface area (TPSA) is 20.2 Å². The average Bonchev–Trinajstić information content (AvgIpc) is 2.71. The van der Waals surface area contributed by atoms with Gasteiger partial charge in [-0.2, -0.15) is 0 Å². The first-order chi connectivity index (χ1) is 9.52. The van der Waals surface area contributed by atoms with Gasteiger partial charge in [0, 0.05) is 36.6 Å². The van der Waals surface area contributed by atoms with Crippen LogP contribution >= 0.6 is 0 Å². The monoisotopic (exact) mass is 277 g/mol. The van der Waals surface area contributed by atoms with Crippen molar-refractivity contribution in [1.29, 1.82) is 0 Å². The van der Waals surface area contributed by atoms with Gasteiger partial charge >= 0.3 is 0 Å². The Bertz CT molecular complexity index is 426. The molecule has 0 unspecified atom stereocenters. The quantitative estimate of drug-likeness (QED) is 0.892. The van der Waals surface area contributed by atoms with Crippen molar-refractivity contribution < 1.29 is 0 Å². The van der Waals surface area contributed by atoms with E-state index >= 15 is 0 Å². The van der Waals surface area contributed by atoms with Crippen LogP contribution in [0.3, 0.4) is 0 Å². The van der Waals surface area contributed by atoms with Gasteiger partial charge in [0.25, 0.3) is 0 Å². The Hall–Kier alpha value is -0.800. The van der Waals surface area contributed by atoms with Crippen molar-refractivity contribution >= 4 is 0 Å². The van der Waals surface area contributed by atoms with E-state index in [2.05, 4.69) is 55.5 Å². The molecule has 0 amide bonds. The maximum Gasteiger partial charge on any atom is 0.0225 e. The summed E-state index contributed by atoms with van der Waals surface area (Å²) in [5.41, 5.74) is 4.28. The lowest BCUT2D eigenvalue weighted by molar-refractivity contribution is 0.161.